The first-order valence-corrected chi connectivity index (χ1v) is 8.37. The van der Waals surface area contributed by atoms with Crippen LogP contribution in [0.15, 0.2) is 39.9 Å². The molecular weight excluding hydrogens is 352 g/mol. The number of hydrogen-bond donors (Lipinski definition) is 1. The summed E-state index contributed by atoms with van der Waals surface area (Å²) in [5, 5.41) is 15.1. The zero-order valence-corrected chi connectivity index (χ0v) is 13.9. The van der Waals surface area contributed by atoms with E-state index >= 15 is 0 Å². The molecule has 0 unspecified atom stereocenters. The molecule has 3 aromatic rings. The van der Waals surface area contributed by atoms with Crippen molar-refractivity contribution in [3.63, 3.8) is 0 Å². The van der Waals surface area contributed by atoms with Crippen LogP contribution >= 0.6 is 0 Å². The van der Waals surface area contributed by atoms with Gasteiger partial charge in [0, 0.05) is 12.1 Å². The molecule has 0 aliphatic carbocycles. The third-order valence-corrected chi connectivity index (χ3v) is 4.77. The minimum absolute atomic E-state index is 0.0566. The number of non-ortho nitro benzene ring substituents is 1. The topological polar surface area (TPSA) is 137 Å². The average Bonchev–Trinajstić information content (AvgIpc) is 2.95. The number of rotatable bonds is 5. The largest absolute Gasteiger partial charge is 0.495 e. The summed E-state index contributed by atoms with van der Waals surface area (Å²) in [5.41, 5.74) is 0.373. The number of nitro benzene ring substituents is 1. The number of nitro groups is 1. The van der Waals surface area contributed by atoms with Crippen LogP contribution in [-0.2, 0) is 10.0 Å². The fraction of sp³-hybridized carbons (Fsp3) is 0.143. The highest BCUT2D eigenvalue weighted by atomic mass is 32.2. The van der Waals surface area contributed by atoms with E-state index in [1.165, 1.54) is 25.3 Å². The number of methoxy groups -OCH3 is 1. The van der Waals surface area contributed by atoms with Crippen LogP contribution in [0.5, 0.6) is 5.75 Å². The molecule has 0 atom stereocenters. The number of aryl methyl sites for hydroxylation is 1. The Hall–Kier alpha value is -3.21. The van der Waals surface area contributed by atoms with Crippen molar-refractivity contribution in [3.8, 4) is 5.75 Å². The van der Waals surface area contributed by atoms with Gasteiger partial charge >= 0.3 is 0 Å². The predicted molar refractivity (Wildman–Crippen MR) is 87.0 cm³/mol. The molecule has 0 saturated heterocycles. The summed E-state index contributed by atoms with van der Waals surface area (Å²) < 4.78 is 37.5. The third kappa shape index (κ3) is 3.08. The van der Waals surface area contributed by atoms with E-state index in [9.17, 15) is 18.5 Å². The standard InChI is InChI=1S/C14H12N4O6S/c1-8-11-6-10(7-15-14(11)24-16-8)25(21,22)17-12-5-9(18(19)20)3-4-13(12)23-2/h3-7,17H,1-2H3. The number of benzene rings is 1. The number of anilines is 1. The van der Waals surface area contributed by atoms with Crippen molar-refractivity contribution < 1.29 is 22.6 Å². The highest BCUT2D eigenvalue weighted by Gasteiger charge is 2.21. The van der Waals surface area contributed by atoms with Crippen molar-refractivity contribution in [1.82, 2.24) is 10.1 Å². The van der Waals surface area contributed by atoms with Gasteiger partial charge in [-0.25, -0.2) is 13.4 Å². The molecule has 0 saturated carbocycles. The molecule has 11 heteroatoms. The van der Waals surface area contributed by atoms with Gasteiger partial charge in [-0.15, -0.1) is 0 Å². The van der Waals surface area contributed by atoms with E-state index in [0.29, 0.717) is 11.1 Å². The Labute approximate surface area is 141 Å². The lowest BCUT2D eigenvalue weighted by Gasteiger charge is -2.11. The van der Waals surface area contributed by atoms with Crippen molar-refractivity contribution in [3.05, 3.63) is 46.3 Å². The molecule has 130 valence electrons. The molecule has 0 aliphatic heterocycles. The van der Waals surface area contributed by atoms with Crippen LogP contribution in [0, 0.1) is 17.0 Å². The zero-order chi connectivity index (χ0) is 18.2. The molecular formula is C14H12N4O6S. The van der Waals surface area contributed by atoms with Gasteiger partial charge < -0.3 is 9.26 Å². The number of nitrogens with zero attached hydrogens (tertiary/aromatic N) is 3. The van der Waals surface area contributed by atoms with Gasteiger partial charge in [-0.2, -0.15) is 0 Å². The van der Waals surface area contributed by atoms with Crippen LogP contribution in [0.2, 0.25) is 0 Å². The Morgan fingerprint density at radius 1 is 1.32 bits per heavy atom. The van der Waals surface area contributed by atoms with Gasteiger partial charge in [0.25, 0.3) is 21.4 Å². The molecule has 1 N–H and O–H groups in total. The van der Waals surface area contributed by atoms with Gasteiger partial charge in [-0.3, -0.25) is 14.8 Å². The third-order valence-electron chi connectivity index (χ3n) is 3.43. The van der Waals surface area contributed by atoms with Crippen molar-refractivity contribution >= 4 is 32.5 Å². The molecule has 0 amide bonds. The van der Waals surface area contributed by atoms with E-state index in [1.54, 1.807) is 6.92 Å². The van der Waals surface area contributed by atoms with E-state index in [0.717, 1.165) is 12.3 Å². The smallest absolute Gasteiger partial charge is 0.271 e. The van der Waals surface area contributed by atoms with Crippen molar-refractivity contribution in [1.29, 1.82) is 0 Å². The molecule has 10 nitrogen and oxygen atoms in total. The fourth-order valence-electron chi connectivity index (χ4n) is 2.17. The summed E-state index contributed by atoms with van der Waals surface area (Å²) in [6.07, 6.45) is 1.11. The lowest BCUT2D eigenvalue weighted by atomic mass is 10.2. The van der Waals surface area contributed by atoms with E-state index in [4.69, 9.17) is 9.26 Å². The molecule has 3 rings (SSSR count). The van der Waals surface area contributed by atoms with Crippen molar-refractivity contribution in [2.45, 2.75) is 11.8 Å². The van der Waals surface area contributed by atoms with E-state index in [2.05, 4.69) is 14.9 Å². The fourth-order valence-corrected chi connectivity index (χ4v) is 3.20. The summed E-state index contributed by atoms with van der Waals surface area (Å²) in [6.45, 7) is 1.65. The van der Waals surface area contributed by atoms with Gasteiger partial charge in [0.05, 0.1) is 35.0 Å². The maximum Gasteiger partial charge on any atom is 0.271 e. The zero-order valence-electron chi connectivity index (χ0n) is 13.1. The maximum atomic E-state index is 12.6. The predicted octanol–water partition coefficient (Wildman–Crippen LogP) is 2.25. The summed E-state index contributed by atoms with van der Waals surface area (Å²) in [4.78, 5) is 14.0. The molecule has 2 aromatic heterocycles. The minimum atomic E-state index is -4.06. The summed E-state index contributed by atoms with van der Waals surface area (Å²) >= 11 is 0. The second kappa shape index (κ2) is 6.02. The van der Waals surface area contributed by atoms with Gasteiger partial charge in [0.15, 0.2) is 0 Å². The summed E-state index contributed by atoms with van der Waals surface area (Å²) in [6, 6.07) is 4.96. The highest BCUT2D eigenvalue weighted by Crippen LogP contribution is 2.31. The van der Waals surface area contributed by atoms with Crippen LogP contribution < -0.4 is 9.46 Å². The van der Waals surface area contributed by atoms with Crippen molar-refractivity contribution in [2.75, 3.05) is 11.8 Å². The molecule has 0 fully saturated rings. The lowest BCUT2D eigenvalue weighted by molar-refractivity contribution is -0.384. The van der Waals surface area contributed by atoms with Crippen molar-refractivity contribution in [2.24, 2.45) is 0 Å². The number of hydrogen-bond acceptors (Lipinski definition) is 8. The Morgan fingerprint density at radius 3 is 2.76 bits per heavy atom. The summed E-state index contributed by atoms with van der Waals surface area (Å²) in [5.74, 6) is 0.143. The summed E-state index contributed by atoms with van der Waals surface area (Å²) in [7, 11) is -2.73. The Balaban J connectivity index is 2.04. The average molecular weight is 364 g/mol. The number of fused-ring (bicyclic) bond motifs is 1. The molecule has 25 heavy (non-hydrogen) atoms. The van der Waals surface area contributed by atoms with Gasteiger partial charge in [0.1, 0.15) is 10.6 Å². The quantitative estimate of drug-likeness (QED) is 0.537. The van der Waals surface area contributed by atoms with Crippen LogP contribution in [0.1, 0.15) is 5.69 Å². The maximum absolute atomic E-state index is 12.6. The molecule has 0 spiro atoms. The minimum Gasteiger partial charge on any atom is -0.495 e. The Kier molecular flexibility index (Phi) is 4.00. The van der Waals surface area contributed by atoms with Gasteiger partial charge in [0.2, 0.25) is 0 Å². The highest BCUT2D eigenvalue weighted by molar-refractivity contribution is 7.92. The monoisotopic (exact) mass is 364 g/mol. The lowest BCUT2D eigenvalue weighted by Crippen LogP contribution is -2.14. The number of aromatic nitrogens is 2. The molecule has 0 radical (unpaired) electrons. The molecule has 2 heterocycles. The first kappa shape index (κ1) is 16.6. The number of sulfonamides is 1. The number of ether oxygens (including phenoxy) is 1. The number of pyridine rings is 1. The van der Waals surface area contributed by atoms with Gasteiger partial charge in [-0.1, -0.05) is 5.16 Å². The molecule has 0 bridgehead atoms. The normalized spacial score (nSPS) is 11.4. The van der Waals surface area contributed by atoms with E-state index in [-0.39, 0.29) is 27.7 Å². The van der Waals surface area contributed by atoms with Crippen LogP contribution in [0.4, 0.5) is 11.4 Å². The van der Waals surface area contributed by atoms with Gasteiger partial charge in [-0.05, 0) is 19.1 Å². The second-order valence-corrected chi connectivity index (χ2v) is 6.72. The Morgan fingerprint density at radius 2 is 2.08 bits per heavy atom. The van der Waals surface area contributed by atoms with E-state index < -0.39 is 14.9 Å². The first-order chi connectivity index (χ1) is 11.8. The molecule has 1 aromatic carbocycles. The first-order valence-electron chi connectivity index (χ1n) is 6.89. The van der Waals surface area contributed by atoms with Crippen LogP contribution in [0.3, 0.4) is 0 Å². The van der Waals surface area contributed by atoms with Crippen LogP contribution in [0.25, 0.3) is 11.1 Å². The molecule has 0 aliphatic rings. The number of nitrogens with one attached hydrogen (secondary N) is 1. The van der Waals surface area contributed by atoms with Crippen LogP contribution in [-0.4, -0.2) is 30.6 Å². The SMILES string of the molecule is COc1ccc([N+](=O)[O-])cc1NS(=O)(=O)c1cnc2onc(C)c2c1. The Bertz CT molecular complexity index is 1080. The second-order valence-electron chi connectivity index (χ2n) is 5.04. The van der Waals surface area contributed by atoms with E-state index in [1.807, 2.05) is 0 Å².